The Labute approximate surface area is 312 Å². The molecule has 0 spiro atoms. The van der Waals surface area contributed by atoms with E-state index < -0.39 is 45.9 Å². The van der Waals surface area contributed by atoms with Crippen molar-refractivity contribution < 1.29 is 19.8 Å². The Bertz CT molecular complexity index is 1920. The van der Waals surface area contributed by atoms with E-state index in [1.54, 1.807) is 12.3 Å². The topological polar surface area (TPSA) is 94.0 Å². The Kier molecular flexibility index (Phi) is 10.8. The van der Waals surface area contributed by atoms with Gasteiger partial charge >= 0.3 is 12.2 Å². The summed E-state index contributed by atoms with van der Waals surface area (Å²) < 4.78 is 0. The van der Waals surface area contributed by atoms with E-state index in [0.29, 0.717) is 11.4 Å². The smallest absolute Gasteiger partial charge is 0.412 e. The summed E-state index contributed by atoms with van der Waals surface area (Å²) in [5.74, 6) is 0. The fraction of sp³-hybridized carbons (Fsp3) is 0.489. The molecule has 2 N–H and O–H groups in total. The van der Waals surface area contributed by atoms with Crippen molar-refractivity contribution in [2.75, 3.05) is 9.80 Å². The van der Waals surface area contributed by atoms with Crippen molar-refractivity contribution in [3.05, 3.63) is 78.5 Å². The third-order valence-corrected chi connectivity index (χ3v) is 9.76. The number of carbonyl (C=O) groups is 2. The minimum absolute atomic E-state index is 0.0944. The summed E-state index contributed by atoms with van der Waals surface area (Å²) in [6, 6.07) is 21.3. The van der Waals surface area contributed by atoms with Gasteiger partial charge in [-0.15, -0.1) is 0 Å². The first-order valence-electron chi connectivity index (χ1n) is 18.3. The molecule has 1 aromatic heterocycles. The normalized spacial score (nSPS) is 13.2. The average Bonchev–Trinajstić information content (AvgIpc) is 2.98. The number of fused-ring (bicyclic) bond motifs is 1. The molecular formula is C45H61N3O4. The van der Waals surface area contributed by atoms with Gasteiger partial charge in [-0.1, -0.05) is 134 Å². The molecule has 4 aromatic rings. The van der Waals surface area contributed by atoms with Crippen LogP contribution in [0.1, 0.15) is 109 Å². The van der Waals surface area contributed by atoms with Crippen molar-refractivity contribution in [2.45, 2.75) is 121 Å². The van der Waals surface area contributed by atoms with E-state index >= 15 is 0 Å². The molecule has 52 heavy (non-hydrogen) atoms. The summed E-state index contributed by atoms with van der Waals surface area (Å²) in [7, 11) is 0. The standard InChI is InChI=1S/C45H61N3O4/c1-41(2,3)33-25-31(24-30-18-16-17-19-32(30)33)34-26-29(22-23-46-34)28-20-21-35(47(39(49)50)37(42(4,5)6)43(7,8)9)36(27-28)48(40(51)52)38(44(10,11)12)45(13,14)15/h16-27,37-38H,1-15H3,(H,49,50)(H,51,52). The van der Waals surface area contributed by atoms with Gasteiger partial charge < -0.3 is 10.2 Å². The second-order valence-corrected chi connectivity index (χ2v) is 19.7. The van der Waals surface area contributed by atoms with Crippen LogP contribution in [0.25, 0.3) is 33.2 Å². The number of nitrogens with zero attached hydrogens (tertiary/aromatic N) is 3. The van der Waals surface area contributed by atoms with Gasteiger partial charge in [0.2, 0.25) is 0 Å². The maximum atomic E-state index is 13.6. The van der Waals surface area contributed by atoms with Gasteiger partial charge in [0.1, 0.15) is 0 Å². The molecule has 7 heteroatoms. The van der Waals surface area contributed by atoms with E-state index in [0.717, 1.165) is 27.8 Å². The SMILES string of the molecule is CC(C)(C)c1cc(-c2cc(-c3ccc(N(C(=O)O)C(C(C)(C)C)C(C)(C)C)c(N(C(=O)O)C(C(C)(C)C)C(C)(C)C)c3)ccn2)cc2ccccc12. The molecule has 2 amide bonds. The van der Waals surface area contributed by atoms with Crippen LogP contribution in [0.15, 0.2) is 72.9 Å². The average molecular weight is 708 g/mol. The highest BCUT2D eigenvalue weighted by atomic mass is 16.4. The van der Waals surface area contributed by atoms with Gasteiger partial charge in [0, 0.05) is 11.8 Å². The number of rotatable bonds is 6. The molecule has 0 fully saturated rings. The first-order valence-corrected chi connectivity index (χ1v) is 18.3. The molecule has 0 radical (unpaired) electrons. The molecular weight excluding hydrogens is 647 g/mol. The van der Waals surface area contributed by atoms with Crippen LogP contribution >= 0.6 is 0 Å². The molecule has 0 atom stereocenters. The van der Waals surface area contributed by atoms with E-state index in [9.17, 15) is 19.8 Å². The molecule has 3 aromatic carbocycles. The summed E-state index contributed by atoms with van der Waals surface area (Å²) in [6.45, 7) is 31.1. The maximum absolute atomic E-state index is 13.6. The second kappa shape index (κ2) is 13.9. The third-order valence-electron chi connectivity index (χ3n) is 9.76. The molecule has 0 aliphatic rings. The van der Waals surface area contributed by atoms with Crippen molar-refractivity contribution >= 4 is 34.3 Å². The lowest BCUT2D eigenvalue weighted by atomic mass is 9.70. The minimum atomic E-state index is -1.14. The van der Waals surface area contributed by atoms with E-state index in [1.165, 1.54) is 20.7 Å². The summed E-state index contributed by atoms with van der Waals surface area (Å²) in [4.78, 5) is 34.7. The monoisotopic (exact) mass is 707 g/mol. The van der Waals surface area contributed by atoms with Crippen LogP contribution in [0, 0.1) is 21.7 Å². The number of amides is 2. The summed E-state index contributed by atoms with van der Waals surface area (Å²) in [5.41, 5.74) is 3.28. The number of anilines is 2. The first kappa shape index (κ1) is 40.4. The molecule has 1 heterocycles. The summed E-state index contributed by atoms with van der Waals surface area (Å²) in [5, 5.41) is 24.4. The van der Waals surface area contributed by atoms with Crippen LogP contribution in [-0.2, 0) is 5.41 Å². The quantitative estimate of drug-likeness (QED) is 0.208. The number of benzene rings is 3. The molecule has 0 saturated heterocycles. The van der Waals surface area contributed by atoms with E-state index in [-0.39, 0.29) is 5.41 Å². The van der Waals surface area contributed by atoms with Gasteiger partial charge in [-0.05, 0) is 90.9 Å². The van der Waals surface area contributed by atoms with Crippen molar-refractivity contribution in [3.63, 3.8) is 0 Å². The lowest BCUT2D eigenvalue weighted by molar-refractivity contribution is 0.144. The minimum Gasteiger partial charge on any atom is -0.465 e. The van der Waals surface area contributed by atoms with Crippen LogP contribution in [0.5, 0.6) is 0 Å². The van der Waals surface area contributed by atoms with Crippen LogP contribution < -0.4 is 9.80 Å². The van der Waals surface area contributed by atoms with Gasteiger partial charge in [0.25, 0.3) is 0 Å². The highest BCUT2D eigenvalue weighted by Crippen LogP contribution is 2.48. The molecule has 280 valence electrons. The van der Waals surface area contributed by atoms with Crippen LogP contribution in [0.2, 0.25) is 0 Å². The highest BCUT2D eigenvalue weighted by Gasteiger charge is 2.47. The van der Waals surface area contributed by atoms with Crippen molar-refractivity contribution in [1.82, 2.24) is 4.98 Å². The van der Waals surface area contributed by atoms with Gasteiger partial charge in [-0.25, -0.2) is 9.59 Å². The molecule has 0 saturated carbocycles. The zero-order valence-electron chi connectivity index (χ0n) is 34.1. The Hall–Kier alpha value is -4.39. The Balaban J connectivity index is 2.06. The highest BCUT2D eigenvalue weighted by molar-refractivity contribution is 6.00. The fourth-order valence-electron chi connectivity index (χ4n) is 8.80. The molecule has 0 bridgehead atoms. The Morgan fingerprint density at radius 3 is 1.52 bits per heavy atom. The maximum Gasteiger partial charge on any atom is 0.412 e. The zero-order valence-corrected chi connectivity index (χ0v) is 34.1. The van der Waals surface area contributed by atoms with Gasteiger partial charge in [-0.3, -0.25) is 14.8 Å². The number of hydrogen-bond donors (Lipinski definition) is 2. The van der Waals surface area contributed by atoms with Crippen LogP contribution in [0.3, 0.4) is 0 Å². The summed E-state index contributed by atoms with van der Waals surface area (Å²) in [6.07, 6.45) is -0.484. The van der Waals surface area contributed by atoms with Crippen molar-refractivity contribution in [1.29, 1.82) is 0 Å². The van der Waals surface area contributed by atoms with Gasteiger partial charge in [0.15, 0.2) is 0 Å². The number of pyridine rings is 1. The Morgan fingerprint density at radius 2 is 1.04 bits per heavy atom. The largest absolute Gasteiger partial charge is 0.465 e. The number of aromatic nitrogens is 1. The van der Waals surface area contributed by atoms with Crippen molar-refractivity contribution in [3.8, 4) is 22.4 Å². The zero-order chi connectivity index (χ0) is 39.4. The molecule has 0 aliphatic carbocycles. The number of carboxylic acid groups (broad SMARTS) is 2. The van der Waals surface area contributed by atoms with Crippen LogP contribution in [-0.4, -0.2) is 39.5 Å². The Morgan fingerprint density at radius 1 is 0.558 bits per heavy atom. The molecule has 4 rings (SSSR count). The van der Waals surface area contributed by atoms with Crippen molar-refractivity contribution in [2.24, 2.45) is 21.7 Å². The molecule has 0 aliphatic heterocycles. The lowest BCUT2D eigenvalue weighted by Gasteiger charge is -2.49. The predicted molar refractivity (Wildman–Crippen MR) is 218 cm³/mol. The van der Waals surface area contributed by atoms with E-state index in [2.05, 4.69) is 51.1 Å². The lowest BCUT2D eigenvalue weighted by Crippen LogP contribution is -2.57. The second-order valence-electron chi connectivity index (χ2n) is 19.7. The van der Waals surface area contributed by atoms with E-state index in [4.69, 9.17) is 4.98 Å². The van der Waals surface area contributed by atoms with Gasteiger partial charge in [0.05, 0.1) is 29.2 Å². The fourth-order valence-corrected chi connectivity index (χ4v) is 8.80. The van der Waals surface area contributed by atoms with Crippen LogP contribution in [0.4, 0.5) is 21.0 Å². The predicted octanol–water partition coefficient (Wildman–Crippen LogP) is 12.8. The van der Waals surface area contributed by atoms with Gasteiger partial charge in [-0.2, -0.15) is 0 Å². The summed E-state index contributed by atoms with van der Waals surface area (Å²) >= 11 is 0. The van der Waals surface area contributed by atoms with E-state index in [1.807, 2.05) is 113 Å². The number of hydrogen-bond acceptors (Lipinski definition) is 3. The third kappa shape index (κ3) is 8.46. The molecule has 0 unspecified atom stereocenters. The first-order chi connectivity index (χ1) is 23.6. The molecule has 7 nitrogen and oxygen atoms in total.